The smallest absolute Gasteiger partial charge is 0.374 e. The number of nitrogens with one attached hydrogen (secondary N) is 1. The number of rotatable bonds is 1. The molecule has 0 spiro atoms. The minimum absolute atomic E-state index is 0.0840. The molecule has 7 heteroatoms. The molecule has 2 aromatic heterocycles. The molecular formula is C12H7BrN2O4. The van der Waals surface area contributed by atoms with Gasteiger partial charge in [0.2, 0.25) is 11.4 Å². The van der Waals surface area contributed by atoms with E-state index in [1.807, 2.05) is 0 Å². The molecule has 0 fully saturated rings. The summed E-state index contributed by atoms with van der Waals surface area (Å²) in [6, 6.07) is 5.28. The van der Waals surface area contributed by atoms with Gasteiger partial charge in [-0.15, -0.1) is 0 Å². The fourth-order valence-corrected chi connectivity index (χ4v) is 2.18. The van der Waals surface area contributed by atoms with Crippen LogP contribution >= 0.6 is 15.9 Å². The Kier molecular flexibility index (Phi) is 2.63. The second-order valence-electron chi connectivity index (χ2n) is 3.83. The van der Waals surface area contributed by atoms with Gasteiger partial charge in [-0.2, -0.15) is 0 Å². The molecular weight excluding hydrogens is 316 g/mol. The monoisotopic (exact) mass is 322 g/mol. The number of benzene rings is 1. The predicted molar refractivity (Wildman–Crippen MR) is 71.2 cm³/mol. The van der Waals surface area contributed by atoms with E-state index in [0.717, 1.165) is 4.47 Å². The summed E-state index contributed by atoms with van der Waals surface area (Å²) in [5, 5.41) is 0.653. The van der Waals surface area contributed by atoms with E-state index in [4.69, 9.17) is 4.42 Å². The number of aromatic nitrogens is 2. The largest absolute Gasteiger partial charge is 0.463 e. The number of carbonyl (C=O) groups excluding carboxylic acids is 1. The fraction of sp³-hybridized carbons (Fsp3) is 0.0833. The van der Waals surface area contributed by atoms with Crippen LogP contribution in [0.25, 0.3) is 22.1 Å². The van der Waals surface area contributed by atoms with Crippen LogP contribution in [-0.4, -0.2) is 23.0 Å². The Balaban J connectivity index is 2.44. The summed E-state index contributed by atoms with van der Waals surface area (Å²) in [6.07, 6.45) is 0. The van der Waals surface area contributed by atoms with Gasteiger partial charge >= 0.3 is 5.97 Å². The average molecular weight is 323 g/mol. The Morgan fingerprint density at radius 2 is 2.26 bits per heavy atom. The van der Waals surface area contributed by atoms with Crippen molar-refractivity contribution in [3.63, 3.8) is 0 Å². The summed E-state index contributed by atoms with van der Waals surface area (Å²) in [5.74, 6) is -0.856. The second kappa shape index (κ2) is 4.20. The van der Waals surface area contributed by atoms with Gasteiger partial charge in [-0.05, 0) is 18.2 Å². The molecule has 3 rings (SSSR count). The Morgan fingerprint density at radius 3 is 3.00 bits per heavy atom. The average Bonchev–Trinajstić information content (AvgIpc) is 2.76. The minimum Gasteiger partial charge on any atom is -0.463 e. The summed E-state index contributed by atoms with van der Waals surface area (Å²) in [6.45, 7) is 0. The van der Waals surface area contributed by atoms with E-state index in [1.54, 1.807) is 18.2 Å². The molecule has 0 saturated carbocycles. The van der Waals surface area contributed by atoms with Crippen LogP contribution in [0.4, 0.5) is 0 Å². The first-order valence-electron chi connectivity index (χ1n) is 5.30. The standard InChI is InChI=1S/C12H7BrN2O4/c1-18-12(17)10-14-8-6-4-5(13)2-3-7(6)19-9(8)11(16)15-10/h2-4H,1H3,(H,14,15,16). The van der Waals surface area contributed by atoms with Gasteiger partial charge in [-0.25, -0.2) is 9.78 Å². The zero-order valence-corrected chi connectivity index (χ0v) is 11.3. The summed E-state index contributed by atoms with van der Waals surface area (Å²) >= 11 is 3.34. The number of ether oxygens (including phenoxy) is 1. The Labute approximate surface area is 114 Å². The first-order valence-corrected chi connectivity index (χ1v) is 6.10. The van der Waals surface area contributed by atoms with Crippen molar-refractivity contribution < 1.29 is 13.9 Å². The van der Waals surface area contributed by atoms with Crippen LogP contribution in [0.3, 0.4) is 0 Å². The van der Waals surface area contributed by atoms with Crippen molar-refractivity contribution in [3.05, 3.63) is 38.9 Å². The number of H-pyrrole nitrogens is 1. The van der Waals surface area contributed by atoms with Crippen molar-refractivity contribution in [2.24, 2.45) is 0 Å². The lowest BCUT2D eigenvalue weighted by Crippen LogP contribution is -2.16. The highest BCUT2D eigenvalue weighted by Crippen LogP contribution is 2.27. The lowest BCUT2D eigenvalue weighted by atomic mass is 10.2. The maximum atomic E-state index is 11.9. The molecule has 2 heterocycles. The molecule has 6 nitrogen and oxygen atoms in total. The molecule has 0 radical (unpaired) electrons. The van der Waals surface area contributed by atoms with E-state index in [0.29, 0.717) is 16.5 Å². The van der Waals surface area contributed by atoms with Crippen molar-refractivity contribution in [1.82, 2.24) is 9.97 Å². The van der Waals surface area contributed by atoms with Crippen molar-refractivity contribution >= 4 is 44.0 Å². The molecule has 19 heavy (non-hydrogen) atoms. The molecule has 0 saturated heterocycles. The summed E-state index contributed by atoms with van der Waals surface area (Å²) < 4.78 is 10.8. The van der Waals surface area contributed by atoms with Crippen LogP contribution in [0.1, 0.15) is 10.6 Å². The number of hydrogen-bond acceptors (Lipinski definition) is 5. The molecule has 0 aliphatic carbocycles. The van der Waals surface area contributed by atoms with E-state index >= 15 is 0 Å². The van der Waals surface area contributed by atoms with E-state index in [1.165, 1.54) is 7.11 Å². The van der Waals surface area contributed by atoms with Crippen molar-refractivity contribution in [1.29, 1.82) is 0 Å². The molecule has 1 aromatic carbocycles. The zero-order chi connectivity index (χ0) is 13.6. The van der Waals surface area contributed by atoms with Gasteiger partial charge in [-0.3, -0.25) is 9.78 Å². The minimum atomic E-state index is -0.705. The maximum Gasteiger partial charge on any atom is 0.374 e. The SMILES string of the molecule is COC(=O)c1nc2c(oc3ccc(Br)cc32)c(=O)[nH]1. The number of esters is 1. The van der Waals surface area contributed by atoms with Crippen molar-refractivity contribution in [2.75, 3.05) is 7.11 Å². The molecule has 0 aliphatic rings. The van der Waals surface area contributed by atoms with E-state index in [9.17, 15) is 9.59 Å². The van der Waals surface area contributed by atoms with Gasteiger partial charge in [0.15, 0.2) is 0 Å². The van der Waals surface area contributed by atoms with Gasteiger partial charge in [0.25, 0.3) is 5.56 Å². The third kappa shape index (κ3) is 1.82. The first kappa shape index (κ1) is 11.9. The van der Waals surface area contributed by atoms with Crippen LogP contribution in [-0.2, 0) is 4.74 Å². The van der Waals surface area contributed by atoms with Gasteiger partial charge in [0.05, 0.1) is 7.11 Å². The van der Waals surface area contributed by atoms with Crippen molar-refractivity contribution in [2.45, 2.75) is 0 Å². The van der Waals surface area contributed by atoms with Gasteiger partial charge < -0.3 is 9.15 Å². The quantitative estimate of drug-likeness (QED) is 0.694. The number of halogens is 1. The number of methoxy groups -OCH3 is 1. The Bertz CT molecular complexity index is 865. The fourth-order valence-electron chi connectivity index (χ4n) is 1.82. The predicted octanol–water partition coefficient (Wildman–Crippen LogP) is 2.22. The number of carbonyl (C=O) groups is 1. The summed E-state index contributed by atoms with van der Waals surface area (Å²) in [7, 11) is 1.22. The Hall–Kier alpha value is -2.15. The second-order valence-corrected chi connectivity index (χ2v) is 4.74. The molecule has 1 N–H and O–H groups in total. The number of aromatic amines is 1. The lowest BCUT2D eigenvalue weighted by molar-refractivity contribution is 0.0587. The number of hydrogen-bond donors (Lipinski definition) is 1. The zero-order valence-electron chi connectivity index (χ0n) is 9.69. The van der Waals surface area contributed by atoms with Gasteiger partial charge in [0, 0.05) is 9.86 Å². The third-order valence-electron chi connectivity index (χ3n) is 2.66. The van der Waals surface area contributed by atoms with Crippen LogP contribution in [0.15, 0.2) is 31.9 Å². The molecule has 0 bridgehead atoms. The van der Waals surface area contributed by atoms with Crippen LogP contribution < -0.4 is 5.56 Å². The topological polar surface area (TPSA) is 85.2 Å². The van der Waals surface area contributed by atoms with Crippen LogP contribution in [0.5, 0.6) is 0 Å². The highest BCUT2D eigenvalue weighted by molar-refractivity contribution is 9.10. The molecule has 0 amide bonds. The van der Waals surface area contributed by atoms with E-state index in [2.05, 4.69) is 30.6 Å². The van der Waals surface area contributed by atoms with E-state index in [-0.39, 0.29) is 11.4 Å². The summed E-state index contributed by atoms with van der Waals surface area (Å²) in [4.78, 5) is 29.7. The normalized spacial score (nSPS) is 11.1. The van der Waals surface area contributed by atoms with Gasteiger partial charge in [-0.1, -0.05) is 15.9 Å². The number of fused-ring (bicyclic) bond motifs is 3. The van der Waals surface area contributed by atoms with Gasteiger partial charge in [0.1, 0.15) is 11.1 Å². The maximum absolute atomic E-state index is 11.9. The number of nitrogens with zero attached hydrogens (tertiary/aromatic N) is 1. The number of furan rings is 1. The molecule has 0 unspecified atom stereocenters. The lowest BCUT2D eigenvalue weighted by Gasteiger charge is -1.97. The molecule has 0 atom stereocenters. The van der Waals surface area contributed by atoms with Crippen molar-refractivity contribution in [3.8, 4) is 0 Å². The third-order valence-corrected chi connectivity index (χ3v) is 3.16. The van der Waals surface area contributed by atoms with E-state index < -0.39 is 11.5 Å². The highest BCUT2D eigenvalue weighted by atomic mass is 79.9. The highest BCUT2D eigenvalue weighted by Gasteiger charge is 2.17. The van der Waals surface area contributed by atoms with Crippen LogP contribution in [0.2, 0.25) is 0 Å². The first-order chi connectivity index (χ1) is 9.10. The molecule has 3 aromatic rings. The molecule has 96 valence electrons. The summed E-state index contributed by atoms with van der Waals surface area (Å²) in [5.41, 5.74) is 0.428. The van der Waals surface area contributed by atoms with Crippen LogP contribution in [0, 0.1) is 0 Å². The molecule has 0 aliphatic heterocycles. The Morgan fingerprint density at radius 1 is 1.47 bits per heavy atom.